The molecule has 1 amide bonds. The van der Waals surface area contributed by atoms with Crippen LogP contribution < -0.4 is 10.1 Å². The summed E-state index contributed by atoms with van der Waals surface area (Å²) in [6.45, 7) is 3.69. The lowest BCUT2D eigenvalue weighted by Gasteiger charge is -2.13. The number of hydrogen-bond donors (Lipinski definition) is 1. The van der Waals surface area contributed by atoms with Gasteiger partial charge in [0.25, 0.3) is 0 Å². The number of nitrogens with one attached hydrogen (secondary N) is 1. The molecule has 0 saturated heterocycles. The Morgan fingerprint density at radius 2 is 2.24 bits per heavy atom. The summed E-state index contributed by atoms with van der Waals surface area (Å²) >= 11 is 8.77. The molecule has 5 nitrogen and oxygen atoms in total. The van der Waals surface area contributed by atoms with E-state index in [0.29, 0.717) is 16.5 Å². The number of aromatic nitrogens is 2. The topological polar surface area (TPSA) is 64.1 Å². The van der Waals surface area contributed by atoms with Crippen LogP contribution in [0.1, 0.15) is 11.9 Å². The number of hydrogen-bond acceptors (Lipinski definition) is 6. The van der Waals surface area contributed by atoms with Crippen LogP contribution in [0.25, 0.3) is 0 Å². The molecule has 1 aromatic heterocycles. The Hall–Kier alpha value is -1.31. The third kappa shape index (κ3) is 4.33. The van der Waals surface area contributed by atoms with Gasteiger partial charge in [0.05, 0.1) is 18.0 Å². The summed E-state index contributed by atoms with van der Waals surface area (Å²) in [5, 5.41) is 11.9. The minimum atomic E-state index is -0.305. The fraction of sp³-hybridized carbons (Fsp3) is 0.308. The van der Waals surface area contributed by atoms with Gasteiger partial charge in [-0.1, -0.05) is 34.7 Å². The zero-order chi connectivity index (χ0) is 15.4. The second-order valence-electron chi connectivity index (χ2n) is 4.18. The number of ether oxygens (including phenoxy) is 1. The molecule has 2 rings (SSSR count). The summed E-state index contributed by atoms with van der Waals surface area (Å²) in [4.78, 5) is 12.2. The molecule has 21 heavy (non-hydrogen) atoms. The highest BCUT2D eigenvalue weighted by Gasteiger charge is 2.18. The molecule has 112 valence electrons. The van der Waals surface area contributed by atoms with E-state index in [2.05, 4.69) is 15.5 Å². The fourth-order valence-electron chi connectivity index (χ4n) is 1.54. The molecule has 1 atom stereocenters. The average Bonchev–Trinajstić information content (AvgIpc) is 2.84. The SMILES string of the molecule is COc1ccc(Cl)cc1NC(=O)C(C)Sc1nnc(C)s1. The normalized spacial score (nSPS) is 12.0. The van der Waals surface area contributed by atoms with Gasteiger partial charge in [-0.3, -0.25) is 4.79 Å². The zero-order valence-electron chi connectivity index (χ0n) is 11.7. The highest BCUT2D eigenvalue weighted by molar-refractivity contribution is 8.02. The average molecular weight is 344 g/mol. The maximum Gasteiger partial charge on any atom is 0.237 e. The van der Waals surface area contributed by atoms with E-state index in [1.165, 1.54) is 23.1 Å². The second kappa shape index (κ2) is 7.11. The molecule has 0 radical (unpaired) electrons. The number of carbonyl (C=O) groups excluding carboxylic acids is 1. The van der Waals surface area contributed by atoms with Crippen molar-refractivity contribution in [1.82, 2.24) is 10.2 Å². The number of rotatable bonds is 5. The molecule has 0 saturated carbocycles. The molecule has 1 unspecified atom stereocenters. The summed E-state index contributed by atoms with van der Waals surface area (Å²) in [6, 6.07) is 5.08. The third-order valence-electron chi connectivity index (χ3n) is 2.57. The number of carbonyl (C=O) groups is 1. The Balaban J connectivity index is 2.05. The van der Waals surface area contributed by atoms with Crippen molar-refractivity contribution in [2.24, 2.45) is 0 Å². The van der Waals surface area contributed by atoms with Crippen molar-refractivity contribution in [3.63, 3.8) is 0 Å². The van der Waals surface area contributed by atoms with Gasteiger partial charge in [-0.25, -0.2) is 0 Å². The monoisotopic (exact) mass is 343 g/mol. The van der Waals surface area contributed by atoms with Crippen LogP contribution in [0, 0.1) is 6.92 Å². The van der Waals surface area contributed by atoms with Crippen LogP contribution in [0.2, 0.25) is 5.02 Å². The van der Waals surface area contributed by atoms with E-state index < -0.39 is 0 Å². The molecule has 0 aliphatic heterocycles. The van der Waals surface area contributed by atoms with Crippen LogP contribution in [-0.4, -0.2) is 28.5 Å². The number of thioether (sulfide) groups is 1. The molecule has 1 N–H and O–H groups in total. The van der Waals surface area contributed by atoms with E-state index in [1.54, 1.807) is 25.3 Å². The van der Waals surface area contributed by atoms with Gasteiger partial charge in [-0.05, 0) is 32.0 Å². The summed E-state index contributed by atoms with van der Waals surface area (Å²) in [6.07, 6.45) is 0. The summed E-state index contributed by atoms with van der Waals surface area (Å²) in [7, 11) is 1.54. The fourth-order valence-corrected chi connectivity index (χ4v) is 3.67. The van der Waals surface area contributed by atoms with Crippen molar-refractivity contribution >= 4 is 46.3 Å². The van der Waals surface area contributed by atoms with Gasteiger partial charge in [0.15, 0.2) is 4.34 Å². The lowest BCUT2D eigenvalue weighted by atomic mass is 10.3. The molecule has 0 bridgehead atoms. The van der Waals surface area contributed by atoms with E-state index in [-0.39, 0.29) is 11.2 Å². The Morgan fingerprint density at radius 3 is 2.86 bits per heavy atom. The van der Waals surface area contributed by atoms with Gasteiger partial charge in [0, 0.05) is 5.02 Å². The molecule has 8 heteroatoms. The van der Waals surface area contributed by atoms with Crippen molar-refractivity contribution in [3.05, 3.63) is 28.2 Å². The number of amides is 1. The van der Waals surface area contributed by atoms with Gasteiger partial charge in [0.2, 0.25) is 5.91 Å². The molecule has 2 aromatic rings. The van der Waals surface area contributed by atoms with Crippen molar-refractivity contribution in [1.29, 1.82) is 0 Å². The summed E-state index contributed by atoms with van der Waals surface area (Å²) < 4.78 is 5.97. The van der Waals surface area contributed by atoms with Gasteiger partial charge in [-0.2, -0.15) is 0 Å². The molecular formula is C13H14ClN3O2S2. The molecular weight excluding hydrogens is 330 g/mol. The van der Waals surface area contributed by atoms with Gasteiger partial charge < -0.3 is 10.1 Å². The van der Waals surface area contributed by atoms with E-state index in [4.69, 9.17) is 16.3 Å². The quantitative estimate of drug-likeness (QED) is 0.840. The standard InChI is InChI=1S/C13H14ClN3O2S2/c1-7(20-13-17-16-8(2)21-13)12(18)15-10-6-9(14)4-5-11(10)19-3/h4-7H,1-3H3,(H,15,18). The highest BCUT2D eigenvalue weighted by atomic mass is 35.5. The predicted octanol–water partition coefficient (Wildman–Crippen LogP) is 3.63. The Bertz CT molecular complexity index is 648. The summed E-state index contributed by atoms with van der Waals surface area (Å²) in [5.74, 6) is 0.421. The maximum absolute atomic E-state index is 12.2. The van der Waals surface area contributed by atoms with Crippen LogP contribution in [0.5, 0.6) is 5.75 Å². The largest absolute Gasteiger partial charge is 0.495 e. The van der Waals surface area contributed by atoms with E-state index in [1.807, 2.05) is 13.8 Å². The Morgan fingerprint density at radius 1 is 1.48 bits per heavy atom. The molecule has 0 aliphatic carbocycles. The first-order valence-corrected chi connectivity index (χ1v) is 8.18. The third-order valence-corrected chi connectivity index (χ3v) is 4.83. The van der Waals surface area contributed by atoms with E-state index >= 15 is 0 Å². The van der Waals surface area contributed by atoms with Crippen LogP contribution in [-0.2, 0) is 4.79 Å². The summed E-state index contributed by atoms with van der Waals surface area (Å²) in [5.41, 5.74) is 0.552. The number of halogens is 1. The molecule has 0 spiro atoms. The first kappa shape index (κ1) is 16.1. The van der Waals surface area contributed by atoms with Crippen LogP contribution in [0.15, 0.2) is 22.5 Å². The Labute approximate surface area is 136 Å². The number of methoxy groups -OCH3 is 1. The highest BCUT2D eigenvalue weighted by Crippen LogP contribution is 2.30. The zero-order valence-corrected chi connectivity index (χ0v) is 14.1. The minimum absolute atomic E-state index is 0.145. The van der Waals surface area contributed by atoms with E-state index in [0.717, 1.165) is 9.35 Å². The van der Waals surface area contributed by atoms with Gasteiger partial charge in [-0.15, -0.1) is 10.2 Å². The first-order valence-electron chi connectivity index (χ1n) is 6.10. The molecule has 1 heterocycles. The minimum Gasteiger partial charge on any atom is -0.495 e. The van der Waals surface area contributed by atoms with Crippen molar-refractivity contribution in [2.75, 3.05) is 12.4 Å². The number of aryl methyl sites for hydroxylation is 1. The van der Waals surface area contributed by atoms with Crippen LogP contribution in [0.4, 0.5) is 5.69 Å². The smallest absolute Gasteiger partial charge is 0.237 e. The van der Waals surface area contributed by atoms with Crippen molar-refractivity contribution in [2.45, 2.75) is 23.4 Å². The predicted molar refractivity (Wildman–Crippen MR) is 86.6 cm³/mol. The van der Waals surface area contributed by atoms with Crippen molar-refractivity contribution < 1.29 is 9.53 Å². The maximum atomic E-state index is 12.2. The molecule has 0 fully saturated rings. The second-order valence-corrected chi connectivity index (χ2v) is 7.39. The van der Waals surface area contributed by atoms with Gasteiger partial charge in [0.1, 0.15) is 10.8 Å². The number of nitrogens with zero attached hydrogens (tertiary/aromatic N) is 2. The van der Waals surface area contributed by atoms with Gasteiger partial charge >= 0.3 is 0 Å². The Kier molecular flexibility index (Phi) is 5.44. The first-order chi connectivity index (χ1) is 9.99. The van der Waals surface area contributed by atoms with Crippen LogP contribution in [0.3, 0.4) is 0 Å². The number of anilines is 1. The molecule has 0 aliphatic rings. The lowest BCUT2D eigenvalue weighted by molar-refractivity contribution is -0.115. The number of benzene rings is 1. The lowest BCUT2D eigenvalue weighted by Crippen LogP contribution is -2.22. The van der Waals surface area contributed by atoms with Crippen LogP contribution >= 0.6 is 34.7 Å². The van der Waals surface area contributed by atoms with Crippen molar-refractivity contribution in [3.8, 4) is 5.75 Å². The van der Waals surface area contributed by atoms with E-state index in [9.17, 15) is 4.79 Å². The molecule has 1 aromatic carbocycles.